The van der Waals surface area contributed by atoms with Crippen molar-refractivity contribution in [3.8, 4) is 0 Å². The summed E-state index contributed by atoms with van der Waals surface area (Å²) in [6.45, 7) is 0.145. The molecule has 0 atom stereocenters. The molecule has 2 aromatic rings. The highest BCUT2D eigenvalue weighted by molar-refractivity contribution is 9.10. The zero-order chi connectivity index (χ0) is 13.1. The first-order chi connectivity index (χ1) is 8.54. The number of ether oxygens (including phenoxy) is 1. The number of carbonyl (C=O) groups is 1. The molecule has 94 valence electrons. The van der Waals surface area contributed by atoms with Crippen LogP contribution in [0.5, 0.6) is 0 Å². The minimum absolute atomic E-state index is 0.145. The van der Waals surface area contributed by atoms with Gasteiger partial charge in [-0.15, -0.1) is 0 Å². The molecule has 1 aromatic heterocycles. The van der Waals surface area contributed by atoms with Gasteiger partial charge in [-0.25, -0.2) is 4.79 Å². The van der Waals surface area contributed by atoms with Crippen LogP contribution in [0.25, 0.3) is 0 Å². The SMILES string of the molecule is Cn1ccc(COC(=O)c2cc(N)cc(Br)c2)n1. The molecule has 1 aromatic carbocycles. The molecule has 6 heteroatoms. The van der Waals surface area contributed by atoms with E-state index in [2.05, 4.69) is 21.0 Å². The van der Waals surface area contributed by atoms with Crippen LogP contribution in [0, 0.1) is 0 Å². The molecule has 0 aliphatic carbocycles. The predicted molar refractivity (Wildman–Crippen MR) is 70.9 cm³/mol. The summed E-state index contributed by atoms with van der Waals surface area (Å²) in [5.74, 6) is -0.423. The Hall–Kier alpha value is -1.82. The topological polar surface area (TPSA) is 70.1 Å². The highest BCUT2D eigenvalue weighted by atomic mass is 79.9. The maximum Gasteiger partial charge on any atom is 0.338 e. The average molecular weight is 310 g/mol. The van der Waals surface area contributed by atoms with Crippen molar-refractivity contribution in [3.05, 3.63) is 46.2 Å². The summed E-state index contributed by atoms with van der Waals surface area (Å²) >= 11 is 3.28. The highest BCUT2D eigenvalue weighted by Crippen LogP contribution is 2.18. The number of nitrogens with two attached hydrogens (primary N) is 1. The number of anilines is 1. The molecule has 2 N–H and O–H groups in total. The van der Waals surface area contributed by atoms with E-state index >= 15 is 0 Å². The Morgan fingerprint density at radius 1 is 1.50 bits per heavy atom. The number of aryl methyl sites for hydroxylation is 1. The minimum atomic E-state index is -0.423. The van der Waals surface area contributed by atoms with Gasteiger partial charge in [-0.3, -0.25) is 4.68 Å². The second-order valence-corrected chi connectivity index (χ2v) is 4.75. The number of nitrogen functional groups attached to an aromatic ring is 1. The Labute approximate surface area is 113 Å². The van der Waals surface area contributed by atoms with Crippen LogP contribution >= 0.6 is 15.9 Å². The molecular weight excluding hydrogens is 298 g/mol. The Morgan fingerprint density at radius 3 is 2.89 bits per heavy atom. The highest BCUT2D eigenvalue weighted by Gasteiger charge is 2.09. The molecule has 0 saturated carbocycles. The van der Waals surface area contributed by atoms with Crippen LogP contribution in [0.2, 0.25) is 0 Å². The van der Waals surface area contributed by atoms with Gasteiger partial charge in [0.1, 0.15) is 6.61 Å². The summed E-state index contributed by atoms with van der Waals surface area (Å²) in [7, 11) is 1.81. The first-order valence-electron chi connectivity index (χ1n) is 5.26. The van der Waals surface area contributed by atoms with Crippen molar-refractivity contribution in [2.45, 2.75) is 6.61 Å². The quantitative estimate of drug-likeness (QED) is 0.696. The monoisotopic (exact) mass is 309 g/mol. The Kier molecular flexibility index (Phi) is 3.66. The number of nitrogens with zero attached hydrogens (tertiary/aromatic N) is 2. The molecule has 0 saturated heterocycles. The maximum absolute atomic E-state index is 11.8. The van der Waals surface area contributed by atoms with E-state index < -0.39 is 5.97 Å². The van der Waals surface area contributed by atoms with Gasteiger partial charge in [0.15, 0.2) is 0 Å². The first kappa shape index (κ1) is 12.6. The Morgan fingerprint density at radius 2 is 2.28 bits per heavy atom. The first-order valence-corrected chi connectivity index (χ1v) is 6.05. The summed E-state index contributed by atoms with van der Waals surface area (Å²) in [6, 6.07) is 6.75. The Balaban J connectivity index is 2.03. The van der Waals surface area contributed by atoms with Gasteiger partial charge in [0.05, 0.1) is 11.3 Å². The number of halogens is 1. The van der Waals surface area contributed by atoms with Gasteiger partial charge in [-0.2, -0.15) is 5.10 Å². The lowest BCUT2D eigenvalue weighted by molar-refractivity contribution is 0.0467. The largest absolute Gasteiger partial charge is 0.456 e. The van der Waals surface area contributed by atoms with Crippen LogP contribution in [0.3, 0.4) is 0 Å². The number of aromatic nitrogens is 2. The Bertz CT molecular complexity index is 560. The molecule has 0 radical (unpaired) electrons. The smallest absolute Gasteiger partial charge is 0.338 e. The van der Waals surface area contributed by atoms with E-state index in [1.807, 2.05) is 0 Å². The fraction of sp³-hybridized carbons (Fsp3) is 0.167. The van der Waals surface area contributed by atoms with E-state index in [0.717, 1.165) is 4.47 Å². The molecule has 2 rings (SSSR count). The van der Waals surface area contributed by atoms with Crippen LogP contribution < -0.4 is 5.73 Å². The number of esters is 1. The lowest BCUT2D eigenvalue weighted by Crippen LogP contribution is -2.06. The third kappa shape index (κ3) is 3.10. The van der Waals surface area contributed by atoms with Gasteiger partial charge in [0.2, 0.25) is 0 Å². The van der Waals surface area contributed by atoms with Crippen molar-refractivity contribution in [3.63, 3.8) is 0 Å². The summed E-state index contributed by atoms with van der Waals surface area (Å²) < 4.78 is 7.54. The second kappa shape index (κ2) is 5.22. The summed E-state index contributed by atoms with van der Waals surface area (Å²) in [4.78, 5) is 11.8. The van der Waals surface area contributed by atoms with Crippen molar-refractivity contribution >= 4 is 27.6 Å². The minimum Gasteiger partial charge on any atom is -0.456 e. The molecule has 18 heavy (non-hydrogen) atoms. The van der Waals surface area contributed by atoms with Gasteiger partial charge in [-0.05, 0) is 24.3 Å². The molecule has 0 fully saturated rings. The van der Waals surface area contributed by atoms with Crippen molar-refractivity contribution in [2.75, 3.05) is 5.73 Å². The van der Waals surface area contributed by atoms with E-state index in [0.29, 0.717) is 16.9 Å². The summed E-state index contributed by atoms with van der Waals surface area (Å²) in [5, 5.41) is 4.12. The van der Waals surface area contributed by atoms with E-state index in [9.17, 15) is 4.79 Å². The number of hydrogen-bond acceptors (Lipinski definition) is 4. The zero-order valence-electron chi connectivity index (χ0n) is 9.76. The van der Waals surface area contributed by atoms with Crippen LogP contribution in [0.1, 0.15) is 16.1 Å². The van der Waals surface area contributed by atoms with Gasteiger partial charge in [0, 0.05) is 23.4 Å². The van der Waals surface area contributed by atoms with E-state index in [1.165, 1.54) is 0 Å². The molecule has 0 aliphatic heterocycles. The summed E-state index contributed by atoms with van der Waals surface area (Å²) in [5.41, 5.74) is 7.28. The lowest BCUT2D eigenvalue weighted by Gasteiger charge is -2.04. The third-order valence-corrected chi connectivity index (χ3v) is 2.73. The van der Waals surface area contributed by atoms with E-state index in [1.54, 1.807) is 42.2 Å². The number of rotatable bonds is 3. The standard InChI is InChI=1S/C12H12BrN3O2/c1-16-3-2-11(15-16)7-18-12(17)8-4-9(13)6-10(14)5-8/h2-6H,7,14H2,1H3. The number of hydrogen-bond donors (Lipinski definition) is 1. The van der Waals surface area contributed by atoms with E-state index in [4.69, 9.17) is 10.5 Å². The van der Waals surface area contributed by atoms with Crippen LogP contribution in [-0.4, -0.2) is 15.7 Å². The molecule has 0 aliphatic rings. The molecule has 0 unspecified atom stereocenters. The third-order valence-electron chi connectivity index (χ3n) is 2.28. The van der Waals surface area contributed by atoms with Gasteiger partial charge in [0.25, 0.3) is 0 Å². The molecular formula is C12H12BrN3O2. The van der Waals surface area contributed by atoms with E-state index in [-0.39, 0.29) is 6.61 Å². The molecule has 0 amide bonds. The van der Waals surface area contributed by atoms with Gasteiger partial charge >= 0.3 is 5.97 Å². The summed E-state index contributed by atoms with van der Waals surface area (Å²) in [6.07, 6.45) is 1.79. The fourth-order valence-electron chi connectivity index (χ4n) is 1.49. The van der Waals surface area contributed by atoms with Crippen LogP contribution in [0.4, 0.5) is 5.69 Å². The maximum atomic E-state index is 11.8. The molecule has 0 spiro atoms. The van der Waals surface area contributed by atoms with Crippen molar-refractivity contribution in [1.82, 2.24) is 9.78 Å². The van der Waals surface area contributed by atoms with Crippen LogP contribution in [0.15, 0.2) is 34.9 Å². The number of carbonyl (C=O) groups excluding carboxylic acids is 1. The zero-order valence-corrected chi connectivity index (χ0v) is 11.3. The predicted octanol–water partition coefficient (Wildman–Crippen LogP) is 2.12. The van der Waals surface area contributed by atoms with Crippen molar-refractivity contribution in [1.29, 1.82) is 0 Å². The molecule has 1 heterocycles. The average Bonchev–Trinajstić information content (AvgIpc) is 2.70. The normalized spacial score (nSPS) is 10.3. The fourth-order valence-corrected chi connectivity index (χ4v) is 2.00. The molecule has 5 nitrogen and oxygen atoms in total. The second-order valence-electron chi connectivity index (χ2n) is 3.83. The lowest BCUT2D eigenvalue weighted by atomic mass is 10.2. The molecule has 0 bridgehead atoms. The van der Waals surface area contributed by atoms with Gasteiger partial charge in [-0.1, -0.05) is 15.9 Å². The number of benzene rings is 1. The van der Waals surface area contributed by atoms with Crippen molar-refractivity contribution in [2.24, 2.45) is 7.05 Å². The van der Waals surface area contributed by atoms with Crippen LogP contribution in [-0.2, 0) is 18.4 Å². The van der Waals surface area contributed by atoms with Gasteiger partial charge < -0.3 is 10.5 Å². The van der Waals surface area contributed by atoms with Crippen molar-refractivity contribution < 1.29 is 9.53 Å².